The number of carbonyl (C=O) groups is 1. The van der Waals surface area contributed by atoms with Crippen LogP contribution in [0.25, 0.3) is 22.1 Å². The van der Waals surface area contributed by atoms with Crippen molar-refractivity contribution in [2.45, 2.75) is 19.9 Å². The Balaban J connectivity index is 1.40. The van der Waals surface area contributed by atoms with Crippen LogP contribution in [-0.4, -0.2) is 11.1 Å². The molecule has 1 aromatic heterocycles. The molecule has 0 aliphatic carbocycles. The van der Waals surface area contributed by atoms with Crippen LogP contribution in [0, 0.1) is 6.92 Å². The second-order valence-electron chi connectivity index (χ2n) is 6.64. The van der Waals surface area contributed by atoms with Gasteiger partial charge in [0.2, 0.25) is 5.91 Å². The van der Waals surface area contributed by atoms with E-state index in [-0.39, 0.29) is 5.91 Å². The highest BCUT2D eigenvalue weighted by Gasteiger charge is 2.10. The van der Waals surface area contributed by atoms with Gasteiger partial charge >= 0.3 is 0 Å². The fourth-order valence-corrected chi connectivity index (χ4v) is 3.12. The summed E-state index contributed by atoms with van der Waals surface area (Å²) in [4.78, 5) is 12.4. The molecule has 4 rings (SSSR count). The number of fused-ring (bicyclic) bond motifs is 1. The number of carbonyl (C=O) groups excluding carboxylic acids is 1. The van der Waals surface area contributed by atoms with E-state index in [1.807, 2.05) is 67.6 Å². The Labute approximate surface area is 157 Å². The Morgan fingerprint density at radius 3 is 2.63 bits per heavy atom. The quantitative estimate of drug-likeness (QED) is 0.566. The molecule has 0 radical (unpaired) electrons. The molecule has 134 valence electrons. The lowest BCUT2D eigenvalue weighted by Gasteiger charge is -2.07. The summed E-state index contributed by atoms with van der Waals surface area (Å²) >= 11 is 0. The molecular formula is C23H20N2O2. The van der Waals surface area contributed by atoms with Gasteiger partial charge in [-0.1, -0.05) is 77.5 Å². The molecule has 0 spiro atoms. The predicted octanol–water partition coefficient (Wildman–Crippen LogP) is 4.66. The van der Waals surface area contributed by atoms with Crippen molar-refractivity contribution in [3.05, 3.63) is 89.6 Å². The van der Waals surface area contributed by atoms with Gasteiger partial charge in [0.05, 0.1) is 13.0 Å². The van der Waals surface area contributed by atoms with E-state index in [2.05, 4.69) is 22.6 Å². The Morgan fingerprint density at radius 2 is 1.78 bits per heavy atom. The fraction of sp³-hybridized carbons (Fsp3) is 0.130. The fourth-order valence-electron chi connectivity index (χ4n) is 3.12. The third kappa shape index (κ3) is 3.90. The topological polar surface area (TPSA) is 55.1 Å². The van der Waals surface area contributed by atoms with E-state index in [1.54, 1.807) is 0 Å². The Morgan fingerprint density at radius 1 is 1.00 bits per heavy atom. The summed E-state index contributed by atoms with van der Waals surface area (Å²) in [7, 11) is 0. The number of nitrogens with zero attached hydrogens (tertiary/aromatic N) is 1. The molecule has 4 heteroatoms. The summed E-state index contributed by atoms with van der Waals surface area (Å²) in [6.45, 7) is 2.39. The minimum absolute atomic E-state index is 0.0359. The van der Waals surface area contributed by atoms with Crippen molar-refractivity contribution in [3.8, 4) is 11.3 Å². The van der Waals surface area contributed by atoms with Gasteiger partial charge in [-0.3, -0.25) is 4.79 Å². The SMILES string of the molecule is Cc1ccc(-c2cc(CNC(=O)Cc3cccc4ccccc34)no2)cc1. The summed E-state index contributed by atoms with van der Waals surface area (Å²) < 4.78 is 5.40. The molecule has 1 amide bonds. The smallest absolute Gasteiger partial charge is 0.224 e. The standard InChI is InChI=1S/C23H20N2O2/c1-16-9-11-18(12-10-16)22-14-20(25-27-22)15-24-23(26)13-19-7-4-6-17-5-2-3-8-21(17)19/h2-12,14H,13,15H2,1H3,(H,24,26). The summed E-state index contributed by atoms with van der Waals surface area (Å²) in [5.74, 6) is 0.666. The molecule has 0 saturated heterocycles. The number of nitrogens with one attached hydrogen (secondary N) is 1. The minimum Gasteiger partial charge on any atom is -0.356 e. The number of rotatable bonds is 5. The van der Waals surface area contributed by atoms with E-state index >= 15 is 0 Å². The maximum absolute atomic E-state index is 12.4. The second-order valence-corrected chi connectivity index (χ2v) is 6.64. The van der Waals surface area contributed by atoms with Crippen LogP contribution in [0.15, 0.2) is 77.3 Å². The van der Waals surface area contributed by atoms with Crippen LogP contribution in [0.1, 0.15) is 16.8 Å². The minimum atomic E-state index is -0.0359. The number of benzene rings is 3. The van der Waals surface area contributed by atoms with Gasteiger partial charge in [-0.2, -0.15) is 0 Å². The number of hydrogen-bond acceptors (Lipinski definition) is 3. The molecule has 3 aromatic carbocycles. The van der Waals surface area contributed by atoms with Gasteiger partial charge in [0.15, 0.2) is 5.76 Å². The van der Waals surface area contributed by atoms with Gasteiger partial charge in [0.25, 0.3) is 0 Å². The summed E-state index contributed by atoms with van der Waals surface area (Å²) in [6.07, 6.45) is 0.337. The number of aromatic nitrogens is 1. The van der Waals surface area contributed by atoms with Crippen LogP contribution in [0.5, 0.6) is 0 Å². The Hall–Kier alpha value is -3.40. The van der Waals surface area contributed by atoms with Crippen molar-refractivity contribution in [3.63, 3.8) is 0 Å². The first-order valence-corrected chi connectivity index (χ1v) is 8.95. The normalized spacial score (nSPS) is 10.9. The Bertz CT molecular complexity index is 1080. The van der Waals surface area contributed by atoms with E-state index in [4.69, 9.17) is 4.52 Å². The third-order valence-corrected chi connectivity index (χ3v) is 4.59. The lowest BCUT2D eigenvalue weighted by Crippen LogP contribution is -2.24. The van der Waals surface area contributed by atoms with E-state index in [0.717, 1.165) is 21.9 Å². The first-order valence-electron chi connectivity index (χ1n) is 8.95. The van der Waals surface area contributed by atoms with Crippen LogP contribution in [0.3, 0.4) is 0 Å². The van der Waals surface area contributed by atoms with Gasteiger partial charge in [-0.25, -0.2) is 0 Å². The summed E-state index contributed by atoms with van der Waals surface area (Å²) in [6, 6.07) is 24.0. The van der Waals surface area contributed by atoms with Crippen LogP contribution in [0.4, 0.5) is 0 Å². The van der Waals surface area contributed by atoms with Crippen LogP contribution < -0.4 is 5.32 Å². The highest BCUT2D eigenvalue weighted by molar-refractivity contribution is 5.90. The van der Waals surface area contributed by atoms with Crippen LogP contribution >= 0.6 is 0 Å². The molecule has 0 fully saturated rings. The average molecular weight is 356 g/mol. The lowest BCUT2D eigenvalue weighted by atomic mass is 10.0. The molecule has 0 aliphatic heterocycles. The van der Waals surface area contributed by atoms with Crippen LogP contribution in [0.2, 0.25) is 0 Å². The molecule has 0 bridgehead atoms. The molecule has 27 heavy (non-hydrogen) atoms. The molecule has 1 N–H and O–H groups in total. The zero-order chi connectivity index (χ0) is 18.6. The van der Waals surface area contributed by atoms with Crippen molar-refractivity contribution in [1.29, 1.82) is 0 Å². The van der Waals surface area contributed by atoms with E-state index in [1.165, 1.54) is 5.56 Å². The van der Waals surface area contributed by atoms with Crippen molar-refractivity contribution in [2.75, 3.05) is 0 Å². The third-order valence-electron chi connectivity index (χ3n) is 4.59. The maximum atomic E-state index is 12.4. The van der Waals surface area contributed by atoms with Crippen LogP contribution in [-0.2, 0) is 17.8 Å². The largest absolute Gasteiger partial charge is 0.356 e. The zero-order valence-corrected chi connectivity index (χ0v) is 15.1. The van der Waals surface area contributed by atoms with Gasteiger partial charge in [0, 0.05) is 11.6 Å². The van der Waals surface area contributed by atoms with E-state index in [9.17, 15) is 4.79 Å². The number of aryl methyl sites for hydroxylation is 1. The highest BCUT2D eigenvalue weighted by atomic mass is 16.5. The maximum Gasteiger partial charge on any atom is 0.224 e. The molecule has 0 unspecified atom stereocenters. The molecule has 1 heterocycles. The van der Waals surface area contributed by atoms with Crippen molar-refractivity contribution in [1.82, 2.24) is 10.5 Å². The summed E-state index contributed by atoms with van der Waals surface area (Å²) in [5.41, 5.74) is 3.89. The average Bonchev–Trinajstić information content (AvgIpc) is 3.16. The molecule has 0 atom stereocenters. The van der Waals surface area contributed by atoms with Crippen molar-refractivity contribution < 1.29 is 9.32 Å². The molecule has 0 aliphatic rings. The highest BCUT2D eigenvalue weighted by Crippen LogP contribution is 2.21. The van der Waals surface area contributed by atoms with Gasteiger partial charge < -0.3 is 9.84 Å². The van der Waals surface area contributed by atoms with Crippen molar-refractivity contribution >= 4 is 16.7 Å². The van der Waals surface area contributed by atoms with Gasteiger partial charge in [-0.05, 0) is 23.3 Å². The second kappa shape index (κ2) is 7.46. The zero-order valence-electron chi connectivity index (χ0n) is 15.1. The molecule has 4 nitrogen and oxygen atoms in total. The lowest BCUT2D eigenvalue weighted by molar-refractivity contribution is -0.120. The summed E-state index contributed by atoms with van der Waals surface area (Å²) in [5, 5.41) is 9.23. The first-order chi connectivity index (χ1) is 13.2. The van der Waals surface area contributed by atoms with Crippen molar-refractivity contribution in [2.24, 2.45) is 0 Å². The molecule has 0 saturated carbocycles. The Kier molecular flexibility index (Phi) is 4.71. The molecule has 4 aromatic rings. The van der Waals surface area contributed by atoms with E-state index < -0.39 is 0 Å². The number of amides is 1. The number of hydrogen-bond donors (Lipinski definition) is 1. The molecular weight excluding hydrogens is 336 g/mol. The monoisotopic (exact) mass is 356 g/mol. The van der Waals surface area contributed by atoms with Gasteiger partial charge in [0.1, 0.15) is 5.69 Å². The van der Waals surface area contributed by atoms with Gasteiger partial charge in [-0.15, -0.1) is 0 Å². The van der Waals surface area contributed by atoms with E-state index in [0.29, 0.717) is 24.4 Å². The first kappa shape index (κ1) is 17.0. The predicted molar refractivity (Wildman–Crippen MR) is 106 cm³/mol.